The van der Waals surface area contributed by atoms with E-state index in [1.54, 1.807) is 0 Å². The summed E-state index contributed by atoms with van der Waals surface area (Å²) in [6.07, 6.45) is -14.7. The third kappa shape index (κ3) is 3.76. The number of hydrogen-bond acceptors (Lipinski definition) is 1. The highest BCUT2D eigenvalue weighted by Crippen LogP contribution is 2.47. The van der Waals surface area contributed by atoms with Crippen LogP contribution in [0.2, 0.25) is 5.02 Å². The summed E-state index contributed by atoms with van der Waals surface area (Å²) in [5.74, 6) is -5.55. The normalized spacial score (nSPS) is 14.8. The first-order valence-corrected chi connectivity index (χ1v) is 5.98. The van der Waals surface area contributed by atoms with Crippen LogP contribution in [0.1, 0.15) is 11.7 Å². The molecule has 0 radical (unpaired) electrons. The zero-order chi connectivity index (χ0) is 15.9. The van der Waals surface area contributed by atoms with E-state index < -0.39 is 35.8 Å². The summed E-state index contributed by atoms with van der Waals surface area (Å²) in [5, 5.41) is 8.96. The van der Waals surface area contributed by atoms with Gasteiger partial charge in [-0.05, 0) is 28.1 Å². The Kier molecular flexibility index (Phi) is 4.98. The van der Waals surface area contributed by atoms with Crippen molar-refractivity contribution in [3.05, 3.63) is 33.0 Å². The lowest BCUT2D eigenvalue weighted by atomic mass is 9.94. The standard InChI is InChI=1S/C10H5BrClF7O/c11-4-2-6(13)3(1-5(4)12)7(20)8(9(14,15)16)10(17,18)19/h1-2,7-8,20H. The molecule has 1 nitrogen and oxygen atoms in total. The van der Waals surface area contributed by atoms with Crippen molar-refractivity contribution in [2.45, 2.75) is 18.5 Å². The molecule has 0 fully saturated rings. The van der Waals surface area contributed by atoms with Gasteiger partial charge in [-0.2, -0.15) is 26.3 Å². The maximum absolute atomic E-state index is 13.4. The molecule has 0 aliphatic rings. The SMILES string of the molecule is OC(c1cc(Cl)c(Br)cc1F)C(C(F)(F)F)C(F)(F)F. The first-order valence-electron chi connectivity index (χ1n) is 4.81. The molecule has 0 heterocycles. The van der Waals surface area contributed by atoms with Crippen molar-refractivity contribution in [1.29, 1.82) is 0 Å². The Bertz CT molecular complexity index is 486. The molecule has 0 saturated heterocycles. The van der Waals surface area contributed by atoms with E-state index in [-0.39, 0.29) is 9.50 Å². The van der Waals surface area contributed by atoms with Crippen molar-refractivity contribution in [2.24, 2.45) is 5.92 Å². The van der Waals surface area contributed by atoms with E-state index in [4.69, 9.17) is 11.6 Å². The maximum Gasteiger partial charge on any atom is 0.403 e. The number of rotatable bonds is 2. The van der Waals surface area contributed by atoms with Crippen LogP contribution in [-0.4, -0.2) is 17.5 Å². The number of benzene rings is 1. The molecule has 1 aromatic carbocycles. The minimum atomic E-state index is -5.79. The van der Waals surface area contributed by atoms with E-state index in [0.29, 0.717) is 12.1 Å². The number of alkyl halides is 6. The van der Waals surface area contributed by atoms with Gasteiger partial charge in [0.15, 0.2) is 5.92 Å². The van der Waals surface area contributed by atoms with Gasteiger partial charge >= 0.3 is 12.4 Å². The molecule has 114 valence electrons. The number of aliphatic hydroxyl groups is 1. The average molecular weight is 389 g/mol. The van der Waals surface area contributed by atoms with Gasteiger partial charge < -0.3 is 5.11 Å². The second-order valence-corrected chi connectivity index (χ2v) is 5.06. The topological polar surface area (TPSA) is 20.2 Å². The molecule has 10 heteroatoms. The Morgan fingerprint density at radius 2 is 1.50 bits per heavy atom. The molecule has 20 heavy (non-hydrogen) atoms. The van der Waals surface area contributed by atoms with Crippen LogP contribution in [0.4, 0.5) is 30.7 Å². The zero-order valence-electron chi connectivity index (χ0n) is 9.16. The molecule has 0 aromatic heterocycles. The first-order chi connectivity index (χ1) is 8.85. The number of hydrogen-bond donors (Lipinski definition) is 1. The third-order valence-corrected chi connectivity index (χ3v) is 3.58. The molecule has 0 amide bonds. The Balaban J connectivity index is 3.34. The van der Waals surface area contributed by atoms with Gasteiger partial charge in [0.05, 0.1) is 5.02 Å². The molecule has 0 aliphatic carbocycles. The van der Waals surface area contributed by atoms with Gasteiger partial charge in [-0.15, -0.1) is 0 Å². The van der Waals surface area contributed by atoms with Crippen molar-refractivity contribution in [3.63, 3.8) is 0 Å². The highest BCUT2D eigenvalue weighted by atomic mass is 79.9. The van der Waals surface area contributed by atoms with E-state index in [1.165, 1.54) is 0 Å². The summed E-state index contributed by atoms with van der Waals surface area (Å²) in [6, 6.07) is 1.08. The Hall–Kier alpha value is -0.540. The van der Waals surface area contributed by atoms with E-state index in [0.717, 1.165) is 0 Å². The van der Waals surface area contributed by atoms with Crippen LogP contribution in [-0.2, 0) is 0 Å². The molecule has 1 N–H and O–H groups in total. The minimum absolute atomic E-state index is 0.0665. The summed E-state index contributed by atoms with van der Waals surface area (Å²) < 4.78 is 87.9. The predicted octanol–water partition coefficient (Wildman–Crippen LogP) is 5.02. The number of halogens is 9. The lowest BCUT2D eigenvalue weighted by molar-refractivity contribution is -0.307. The first kappa shape index (κ1) is 17.5. The highest BCUT2D eigenvalue weighted by Gasteiger charge is 2.60. The van der Waals surface area contributed by atoms with E-state index in [9.17, 15) is 35.8 Å². The van der Waals surface area contributed by atoms with Gasteiger partial charge in [-0.1, -0.05) is 11.6 Å². The minimum Gasteiger partial charge on any atom is -0.387 e. The molecular weight excluding hydrogens is 384 g/mol. The second kappa shape index (κ2) is 5.69. The Morgan fingerprint density at radius 1 is 1.05 bits per heavy atom. The lowest BCUT2D eigenvalue weighted by Crippen LogP contribution is -2.41. The summed E-state index contributed by atoms with van der Waals surface area (Å²) in [5.41, 5.74) is -1.18. The van der Waals surface area contributed by atoms with Crippen molar-refractivity contribution < 1.29 is 35.8 Å². The molecule has 0 spiro atoms. The molecule has 0 bridgehead atoms. The zero-order valence-corrected chi connectivity index (χ0v) is 11.5. The molecule has 1 atom stereocenters. The summed E-state index contributed by atoms with van der Waals surface area (Å²) in [6.45, 7) is 0. The fourth-order valence-corrected chi connectivity index (χ4v) is 1.98. The molecule has 1 aromatic rings. The van der Waals surface area contributed by atoms with Gasteiger partial charge in [0, 0.05) is 10.0 Å². The van der Waals surface area contributed by atoms with Crippen molar-refractivity contribution in [3.8, 4) is 0 Å². The van der Waals surface area contributed by atoms with Crippen LogP contribution in [0.3, 0.4) is 0 Å². The van der Waals surface area contributed by atoms with Crippen LogP contribution in [0.5, 0.6) is 0 Å². The molecule has 1 rings (SSSR count). The third-order valence-electron chi connectivity index (χ3n) is 2.38. The Labute approximate surface area is 121 Å². The largest absolute Gasteiger partial charge is 0.403 e. The summed E-state index contributed by atoms with van der Waals surface area (Å²) >= 11 is 8.22. The quantitative estimate of drug-likeness (QED) is 0.556. The molecule has 0 aliphatic heterocycles. The van der Waals surface area contributed by atoms with Crippen molar-refractivity contribution in [1.82, 2.24) is 0 Å². The van der Waals surface area contributed by atoms with Crippen molar-refractivity contribution in [2.75, 3.05) is 0 Å². The fraction of sp³-hybridized carbons (Fsp3) is 0.400. The molecule has 1 unspecified atom stereocenters. The summed E-state index contributed by atoms with van der Waals surface area (Å²) in [4.78, 5) is 0. The van der Waals surface area contributed by atoms with Gasteiger partial charge in [0.1, 0.15) is 11.9 Å². The molecular formula is C10H5BrClF7O. The monoisotopic (exact) mass is 388 g/mol. The van der Waals surface area contributed by atoms with Gasteiger partial charge in [-0.3, -0.25) is 0 Å². The highest BCUT2D eigenvalue weighted by molar-refractivity contribution is 9.10. The Morgan fingerprint density at radius 3 is 1.90 bits per heavy atom. The van der Waals surface area contributed by atoms with E-state index in [2.05, 4.69) is 15.9 Å². The second-order valence-electron chi connectivity index (χ2n) is 3.79. The lowest BCUT2D eigenvalue weighted by Gasteiger charge is -2.27. The molecule has 0 saturated carbocycles. The van der Waals surface area contributed by atoms with E-state index >= 15 is 0 Å². The average Bonchev–Trinajstić information content (AvgIpc) is 2.18. The van der Waals surface area contributed by atoms with E-state index in [1.807, 2.05) is 0 Å². The van der Waals surface area contributed by atoms with Crippen LogP contribution < -0.4 is 0 Å². The number of aliphatic hydroxyl groups excluding tert-OH is 1. The van der Waals surface area contributed by atoms with Crippen molar-refractivity contribution >= 4 is 27.5 Å². The van der Waals surface area contributed by atoms with Gasteiger partial charge in [0.25, 0.3) is 0 Å². The predicted molar refractivity (Wildman–Crippen MR) is 59.7 cm³/mol. The maximum atomic E-state index is 13.4. The van der Waals surface area contributed by atoms with Gasteiger partial charge in [0.2, 0.25) is 0 Å². The van der Waals surface area contributed by atoms with Crippen LogP contribution in [0.15, 0.2) is 16.6 Å². The fourth-order valence-electron chi connectivity index (χ4n) is 1.49. The van der Waals surface area contributed by atoms with Crippen LogP contribution in [0, 0.1) is 11.7 Å². The van der Waals surface area contributed by atoms with Gasteiger partial charge in [-0.25, -0.2) is 4.39 Å². The smallest absolute Gasteiger partial charge is 0.387 e. The van der Waals surface area contributed by atoms with Crippen LogP contribution >= 0.6 is 27.5 Å². The summed E-state index contributed by atoms with van der Waals surface area (Å²) in [7, 11) is 0. The van der Waals surface area contributed by atoms with Crippen LogP contribution in [0.25, 0.3) is 0 Å².